The van der Waals surface area contributed by atoms with Gasteiger partial charge in [-0.15, -0.1) is 6.42 Å². The van der Waals surface area contributed by atoms with Crippen molar-refractivity contribution in [1.29, 1.82) is 0 Å². The molecule has 1 heterocycles. The molecule has 2 nitrogen and oxygen atoms in total. The van der Waals surface area contributed by atoms with Crippen molar-refractivity contribution in [2.24, 2.45) is 17.8 Å². The highest BCUT2D eigenvalue weighted by Crippen LogP contribution is 2.49. The van der Waals surface area contributed by atoms with Gasteiger partial charge in [0.2, 0.25) is 0 Å². The van der Waals surface area contributed by atoms with E-state index in [0.29, 0.717) is 17.4 Å². The average Bonchev–Trinajstić information content (AvgIpc) is 3.49. The van der Waals surface area contributed by atoms with Gasteiger partial charge in [-0.3, -0.25) is 0 Å². The Morgan fingerprint density at radius 3 is 2.76 bits per heavy atom. The van der Waals surface area contributed by atoms with E-state index in [4.69, 9.17) is 11.2 Å². The average molecular weight is 400 g/mol. The van der Waals surface area contributed by atoms with Crippen LogP contribution in [0.2, 0.25) is 0 Å². The van der Waals surface area contributed by atoms with Crippen LogP contribution in [-0.2, 0) is 4.74 Å². The fraction of sp³-hybridized carbons (Fsp3) is 0.269. The summed E-state index contributed by atoms with van der Waals surface area (Å²) in [5.41, 5.74) is -0.313. The Labute approximate surface area is 174 Å². The van der Waals surface area contributed by atoms with Crippen molar-refractivity contribution in [2.45, 2.75) is 25.4 Å². The van der Waals surface area contributed by atoms with Crippen molar-refractivity contribution in [3.05, 3.63) is 77.7 Å². The molecule has 1 fully saturated rings. The summed E-state index contributed by atoms with van der Waals surface area (Å²) in [7, 11) is -0.158. The molecule has 0 radical (unpaired) electrons. The van der Waals surface area contributed by atoms with Gasteiger partial charge in [0, 0.05) is 33.9 Å². The number of rotatable bonds is 4. The Balaban J connectivity index is 1.43. The Bertz CT molecular complexity index is 1160. The molecule has 1 aromatic heterocycles. The first-order chi connectivity index (χ1) is 14.1. The van der Waals surface area contributed by atoms with Crippen molar-refractivity contribution >= 4 is 26.5 Å². The van der Waals surface area contributed by atoms with Crippen molar-refractivity contribution in [1.82, 2.24) is 0 Å². The quantitative estimate of drug-likeness (QED) is 0.221. The Morgan fingerprint density at radius 2 is 2.00 bits per heavy atom. The maximum Gasteiger partial charge on any atom is 0.339 e. The summed E-state index contributed by atoms with van der Waals surface area (Å²) in [5, 5.41) is 3.45. The third-order valence-corrected chi connectivity index (χ3v) is 8.46. The minimum absolute atomic E-state index is 0.158. The molecule has 2 aromatic carbocycles. The fourth-order valence-corrected chi connectivity index (χ4v) is 6.81. The minimum atomic E-state index is -0.876. The summed E-state index contributed by atoms with van der Waals surface area (Å²) in [6.07, 6.45) is 12.5. The van der Waals surface area contributed by atoms with E-state index in [1.165, 1.54) is 10.1 Å². The van der Waals surface area contributed by atoms with E-state index in [-0.39, 0.29) is 22.4 Å². The lowest BCUT2D eigenvalue weighted by molar-refractivity contribution is -0.0144. The molecule has 3 aromatic rings. The number of thiophene rings is 1. The van der Waals surface area contributed by atoms with Gasteiger partial charge in [-0.25, -0.2) is 4.79 Å². The van der Waals surface area contributed by atoms with E-state index in [2.05, 4.69) is 59.9 Å². The van der Waals surface area contributed by atoms with Crippen LogP contribution in [0, 0.1) is 30.1 Å². The molecule has 0 spiro atoms. The lowest BCUT2D eigenvalue weighted by Gasteiger charge is -2.34. The summed E-state index contributed by atoms with van der Waals surface area (Å²) >= 11 is 0. The Hall–Kier alpha value is -2.83. The number of hydrogen-bond acceptors (Lipinski definition) is 2. The summed E-state index contributed by atoms with van der Waals surface area (Å²) in [4.78, 5) is 14.2. The number of benzene rings is 2. The summed E-state index contributed by atoms with van der Waals surface area (Å²) in [6, 6.07) is 18.3. The molecule has 0 saturated heterocycles. The first kappa shape index (κ1) is 18.2. The second-order valence-corrected chi connectivity index (χ2v) is 10.1. The molecule has 5 unspecified atom stereocenters. The summed E-state index contributed by atoms with van der Waals surface area (Å²) in [6.45, 7) is 1.89. The molecule has 1 saturated carbocycles. The number of carbonyl (C=O) groups excluding carboxylic acids is 1. The molecule has 2 bridgehead atoms. The molecule has 3 heteroatoms. The van der Waals surface area contributed by atoms with Gasteiger partial charge in [0.1, 0.15) is 5.38 Å². The van der Waals surface area contributed by atoms with Gasteiger partial charge >= 0.3 is 5.97 Å². The van der Waals surface area contributed by atoms with Crippen molar-refractivity contribution in [2.75, 3.05) is 0 Å². The predicted octanol–water partition coefficient (Wildman–Crippen LogP) is 6.34. The molecule has 5 rings (SSSR count). The highest BCUT2D eigenvalue weighted by atomic mass is 32.2. The molecule has 2 aliphatic rings. The number of terminal acetylenes is 1. The van der Waals surface area contributed by atoms with Crippen LogP contribution < -0.4 is 0 Å². The maximum absolute atomic E-state index is 13.0. The maximum atomic E-state index is 13.0. The topological polar surface area (TPSA) is 26.3 Å². The predicted molar refractivity (Wildman–Crippen MR) is 119 cm³/mol. The smallest absolute Gasteiger partial charge is 0.339 e. The number of ether oxygens (including phenoxy) is 1. The van der Waals surface area contributed by atoms with E-state index in [1.54, 1.807) is 0 Å². The first-order valence-electron chi connectivity index (χ1n) is 10.1. The number of allylic oxidation sites excluding steroid dienone is 2. The second-order valence-electron chi connectivity index (χ2n) is 8.23. The number of carbonyl (C=O) groups is 1. The van der Waals surface area contributed by atoms with Crippen molar-refractivity contribution < 1.29 is 9.53 Å². The van der Waals surface area contributed by atoms with Crippen molar-refractivity contribution in [3.63, 3.8) is 0 Å². The SMILES string of the molecule is C#CC(C)(OC(=O)c1cccc(-[s+]2ccc3ccccc32)c1)C1CC2C=CC1C2. The van der Waals surface area contributed by atoms with Crippen LogP contribution in [0.1, 0.15) is 30.1 Å². The van der Waals surface area contributed by atoms with E-state index in [0.717, 1.165) is 17.7 Å². The van der Waals surface area contributed by atoms with Crippen molar-refractivity contribution in [3.8, 4) is 17.2 Å². The van der Waals surface area contributed by atoms with Gasteiger partial charge in [0.05, 0.1) is 5.56 Å². The van der Waals surface area contributed by atoms with E-state index in [1.807, 2.05) is 25.1 Å². The van der Waals surface area contributed by atoms with Gasteiger partial charge in [0.25, 0.3) is 0 Å². The molecule has 0 N–H and O–H groups in total. The molecular weight excluding hydrogens is 376 g/mol. The van der Waals surface area contributed by atoms with Crippen LogP contribution in [-0.4, -0.2) is 11.6 Å². The van der Waals surface area contributed by atoms with Crippen LogP contribution in [0.4, 0.5) is 0 Å². The molecule has 144 valence electrons. The van der Waals surface area contributed by atoms with Crippen LogP contribution in [0.5, 0.6) is 0 Å². The second kappa shape index (κ2) is 6.90. The Morgan fingerprint density at radius 1 is 1.14 bits per heavy atom. The van der Waals surface area contributed by atoms with Gasteiger partial charge in [-0.05, 0) is 55.9 Å². The zero-order valence-corrected chi connectivity index (χ0v) is 17.2. The van der Waals surface area contributed by atoms with E-state index in [9.17, 15) is 4.79 Å². The van der Waals surface area contributed by atoms with Crippen LogP contribution in [0.15, 0.2) is 72.1 Å². The molecule has 5 atom stereocenters. The number of fused-ring (bicyclic) bond motifs is 3. The third-order valence-electron chi connectivity index (χ3n) is 6.44. The van der Waals surface area contributed by atoms with Crippen LogP contribution in [0.3, 0.4) is 0 Å². The zero-order chi connectivity index (χ0) is 20.0. The van der Waals surface area contributed by atoms with E-state index < -0.39 is 5.60 Å². The highest BCUT2D eigenvalue weighted by molar-refractivity contribution is 7.43. The summed E-state index contributed by atoms with van der Waals surface area (Å²) < 4.78 is 7.26. The highest BCUT2D eigenvalue weighted by Gasteiger charge is 2.48. The zero-order valence-electron chi connectivity index (χ0n) is 16.4. The molecule has 0 aliphatic heterocycles. The van der Waals surface area contributed by atoms with Crippen LogP contribution in [0.25, 0.3) is 15.0 Å². The first-order valence-corrected chi connectivity index (χ1v) is 11.4. The number of hydrogen-bond donors (Lipinski definition) is 0. The summed E-state index contributed by atoms with van der Waals surface area (Å²) in [5.74, 6) is 3.66. The van der Waals surface area contributed by atoms with E-state index >= 15 is 0 Å². The lowest BCUT2D eigenvalue weighted by atomic mass is 9.80. The molecule has 2 aliphatic carbocycles. The van der Waals surface area contributed by atoms with Gasteiger partial charge < -0.3 is 4.74 Å². The van der Waals surface area contributed by atoms with Crippen LogP contribution >= 0.6 is 10.5 Å². The normalized spacial score (nSPS) is 25.0. The largest absolute Gasteiger partial charge is 0.442 e. The molecule has 29 heavy (non-hydrogen) atoms. The Kier molecular flexibility index (Phi) is 4.33. The molecular formula is C26H23O2S+. The van der Waals surface area contributed by atoms with Gasteiger partial charge in [-0.2, -0.15) is 0 Å². The minimum Gasteiger partial charge on any atom is -0.442 e. The monoisotopic (exact) mass is 399 g/mol. The molecule has 0 amide bonds. The lowest BCUT2D eigenvalue weighted by Crippen LogP contribution is -2.40. The standard InChI is InChI=1S/C26H23O2S/c1-3-26(2,23-16-18-11-12-20(23)15-18)28-25(27)21-8-6-9-22(17-21)29-14-13-19-7-4-5-10-24(19)29/h1,4-14,17-18,20,23H,15-16H2,2H3/q+1. The number of esters is 1. The fourth-order valence-electron chi connectivity index (χ4n) is 4.88. The van der Waals surface area contributed by atoms with Gasteiger partial charge in [-0.1, -0.05) is 36.3 Å². The van der Waals surface area contributed by atoms with Gasteiger partial charge in [0.15, 0.2) is 15.2 Å². The third kappa shape index (κ3) is 3.09.